The lowest BCUT2D eigenvalue weighted by Gasteiger charge is -2.25. The van der Waals surface area contributed by atoms with Crippen molar-refractivity contribution in [1.29, 1.82) is 0 Å². The molecule has 0 heteroatoms. The summed E-state index contributed by atoms with van der Waals surface area (Å²) < 4.78 is 0. The molecule has 1 atom stereocenters. The number of rotatable bonds is 5. The van der Waals surface area contributed by atoms with Crippen LogP contribution in [0.15, 0.2) is 134 Å². The third kappa shape index (κ3) is 5.04. The molecule has 0 aliphatic heterocycles. The first-order valence-corrected chi connectivity index (χ1v) is 18.8. The molecule has 5 aromatic carbocycles. The minimum absolute atomic E-state index is 0.433. The van der Waals surface area contributed by atoms with Gasteiger partial charge in [0.15, 0.2) is 0 Å². The normalized spacial score (nSPS) is 19.3. The van der Waals surface area contributed by atoms with E-state index in [4.69, 9.17) is 0 Å². The summed E-state index contributed by atoms with van der Waals surface area (Å²) in [7, 11) is 0. The Hall–Kier alpha value is -5.20. The fourth-order valence-corrected chi connectivity index (χ4v) is 9.46. The van der Waals surface area contributed by atoms with E-state index >= 15 is 0 Å². The molecule has 0 spiro atoms. The average Bonchev–Trinajstić information content (AvgIpc) is 3.20. The summed E-state index contributed by atoms with van der Waals surface area (Å²) in [5.74, 6) is 0.433. The van der Waals surface area contributed by atoms with Gasteiger partial charge in [-0.3, -0.25) is 0 Å². The largest absolute Gasteiger partial charge is 0.0836 e. The number of hydrogen-bond donors (Lipinski definition) is 0. The summed E-state index contributed by atoms with van der Waals surface area (Å²) in [6.45, 7) is 0. The van der Waals surface area contributed by atoms with Crippen molar-refractivity contribution in [3.05, 3.63) is 183 Å². The van der Waals surface area contributed by atoms with Gasteiger partial charge in [-0.1, -0.05) is 127 Å². The molecule has 0 N–H and O–H groups in total. The van der Waals surface area contributed by atoms with Gasteiger partial charge in [-0.15, -0.1) is 0 Å². The molecule has 10 rings (SSSR count). The van der Waals surface area contributed by atoms with Crippen LogP contribution in [0.1, 0.15) is 89.8 Å². The molecule has 0 saturated carbocycles. The lowest BCUT2D eigenvalue weighted by Crippen LogP contribution is -2.20. The van der Waals surface area contributed by atoms with Crippen molar-refractivity contribution in [3.8, 4) is 0 Å². The number of benzene rings is 5. The van der Waals surface area contributed by atoms with Crippen LogP contribution < -0.4 is 10.4 Å². The summed E-state index contributed by atoms with van der Waals surface area (Å²) in [5.41, 5.74) is 15.7. The fraction of sp³-hybridized carbons (Fsp3) is 0.200. The van der Waals surface area contributed by atoms with E-state index < -0.39 is 0 Å². The van der Waals surface area contributed by atoms with E-state index in [0.29, 0.717) is 5.92 Å². The van der Waals surface area contributed by atoms with Gasteiger partial charge in [0.2, 0.25) is 0 Å². The molecule has 0 aromatic heterocycles. The molecule has 50 heavy (non-hydrogen) atoms. The Morgan fingerprint density at radius 2 is 1.34 bits per heavy atom. The van der Waals surface area contributed by atoms with E-state index in [2.05, 4.69) is 140 Å². The van der Waals surface area contributed by atoms with Gasteiger partial charge in [0, 0.05) is 5.92 Å². The molecule has 0 bridgehead atoms. The molecule has 5 aromatic rings. The zero-order chi connectivity index (χ0) is 33.0. The van der Waals surface area contributed by atoms with Crippen LogP contribution in [0.4, 0.5) is 0 Å². The molecule has 0 fully saturated rings. The minimum atomic E-state index is 0.433. The molecule has 242 valence electrons. The third-order valence-corrected chi connectivity index (χ3v) is 11.8. The molecule has 0 nitrogen and oxygen atoms in total. The highest BCUT2D eigenvalue weighted by molar-refractivity contribution is 6.12. The zero-order valence-electron chi connectivity index (χ0n) is 28.7. The van der Waals surface area contributed by atoms with Gasteiger partial charge < -0.3 is 0 Å². The highest BCUT2D eigenvalue weighted by Gasteiger charge is 2.23. The van der Waals surface area contributed by atoms with Crippen molar-refractivity contribution >= 4 is 49.9 Å². The molecule has 5 aliphatic carbocycles. The van der Waals surface area contributed by atoms with Crippen molar-refractivity contribution in [3.63, 3.8) is 0 Å². The quantitative estimate of drug-likeness (QED) is 0.167. The van der Waals surface area contributed by atoms with Gasteiger partial charge in [0.05, 0.1) is 0 Å². The number of allylic oxidation sites excluding steroid dienone is 12. The Balaban J connectivity index is 1.07. The average molecular weight is 643 g/mol. The minimum Gasteiger partial charge on any atom is -0.0836 e. The summed E-state index contributed by atoms with van der Waals surface area (Å²) in [6.07, 6.45) is 33.5. The van der Waals surface area contributed by atoms with Crippen molar-refractivity contribution in [2.75, 3.05) is 0 Å². The second-order valence-corrected chi connectivity index (χ2v) is 14.8. The zero-order valence-corrected chi connectivity index (χ0v) is 28.7. The smallest absolute Gasteiger partial charge is 0.00561 e. The maximum atomic E-state index is 2.49. The van der Waals surface area contributed by atoms with Gasteiger partial charge in [-0.2, -0.15) is 0 Å². The third-order valence-electron chi connectivity index (χ3n) is 11.8. The first kappa shape index (κ1) is 29.7. The van der Waals surface area contributed by atoms with Crippen molar-refractivity contribution < 1.29 is 0 Å². The van der Waals surface area contributed by atoms with Gasteiger partial charge in [0.1, 0.15) is 0 Å². The van der Waals surface area contributed by atoms with Crippen molar-refractivity contribution in [1.82, 2.24) is 0 Å². The first-order valence-electron chi connectivity index (χ1n) is 18.8. The SMILES string of the molecule is C1=CCC(c2cc(C3=CCCC=C3)cc(C3=CC(c4cccc(C5=c6cccc7c6c(c6c8c(cccc87)=CCC6)CC5)c4)=CCC3)c2)C=C1. The lowest BCUT2D eigenvalue weighted by molar-refractivity contribution is 0.852. The van der Waals surface area contributed by atoms with Crippen LogP contribution >= 0.6 is 0 Å². The van der Waals surface area contributed by atoms with Crippen molar-refractivity contribution in [2.24, 2.45) is 0 Å². The standard InChI is InChI=1S/C50H42/c1-3-12-33(13-4-1)40-30-41(34-14-5-2-6-15-34)32-42(31-40)38-20-7-18-36(28-38)37-19-8-21-39(29-37)43-26-27-48-46-23-10-17-35-16-9-22-45(49(35)46)47-25-11-24-44(43)50(47)48/h1,3-5,8-9,11-12,14-19,21-22,24-25,28-33H,2,6-7,10,13,20,23,26-27H2. The van der Waals surface area contributed by atoms with E-state index in [-0.39, 0.29) is 0 Å². The maximum absolute atomic E-state index is 2.49. The lowest BCUT2D eigenvalue weighted by atomic mass is 9.79. The molecule has 0 saturated heterocycles. The molecule has 0 amide bonds. The van der Waals surface area contributed by atoms with E-state index in [1.807, 2.05) is 0 Å². The van der Waals surface area contributed by atoms with Crippen LogP contribution in [-0.2, 0) is 12.8 Å². The van der Waals surface area contributed by atoms with Gasteiger partial charge >= 0.3 is 0 Å². The van der Waals surface area contributed by atoms with Crippen LogP contribution in [0.2, 0.25) is 0 Å². The second kappa shape index (κ2) is 12.3. The summed E-state index contributed by atoms with van der Waals surface area (Å²) in [4.78, 5) is 0. The summed E-state index contributed by atoms with van der Waals surface area (Å²) >= 11 is 0. The van der Waals surface area contributed by atoms with E-state index in [1.165, 1.54) is 82.1 Å². The molecular formula is C50H42. The van der Waals surface area contributed by atoms with Crippen LogP contribution in [0.25, 0.3) is 49.9 Å². The molecule has 0 radical (unpaired) electrons. The molecular weight excluding hydrogens is 601 g/mol. The Morgan fingerprint density at radius 1 is 0.540 bits per heavy atom. The maximum Gasteiger partial charge on any atom is 0.00561 e. The van der Waals surface area contributed by atoms with E-state index in [0.717, 1.165) is 57.8 Å². The topological polar surface area (TPSA) is 0 Å². The van der Waals surface area contributed by atoms with E-state index in [9.17, 15) is 0 Å². The van der Waals surface area contributed by atoms with Gasteiger partial charge in [-0.05, 0) is 163 Å². The predicted octanol–water partition coefficient (Wildman–Crippen LogP) is 11.5. The molecule has 1 unspecified atom stereocenters. The number of fused-ring (bicyclic) bond motifs is 2. The summed E-state index contributed by atoms with van der Waals surface area (Å²) in [6, 6.07) is 30.8. The van der Waals surface area contributed by atoms with Crippen LogP contribution in [0.5, 0.6) is 0 Å². The first-order chi connectivity index (χ1) is 24.8. The van der Waals surface area contributed by atoms with Crippen molar-refractivity contribution in [2.45, 2.75) is 63.7 Å². The summed E-state index contributed by atoms with van der Waals surface area (Å²) in [5, 5.41) is 8.72. The second-order valence-electron chi connectivity index (χ2n) is 14.8. The fourth-order valence-electron chi connectivity index (χ4n) is 9.46. The van der Waals surface area contributed by atoms with Crippen LogP contribution in [0.3, 0.4) is 0 Å². The predicted molar refractivity (Wildman–Crippen MR) is 214 cm³/mol. The molecule has 0 heterocycles. The molecule has 5 aliphatic rings. The van der Waals surface area contributed by atoms with Gasteiger partial charge in [0.25, 0.3) is 0 Å². The Labute approximate surface area is 295 Å². The Kier molecular flexibility index (Phi) is 7.30. The monoisotopic (exact) mass is 642 g/mol. The number of hydrogen-bond acceptors (Lipinski definition) is 0. The Bertz CT molecular complexity index is 2560. The Morgan fingerprint density at radius 3 is 2.24 bits per heavy atom. The van der Waals surface area contributed by atoms with E-state index in [1.54, 1.807) is 11.1 Å². The van der Waals surface area contributed by atoms with Gasteiger partial charge in [-0.25, -0.2) is 0 Å². The van der Waals surface area contributed by atoms with Crippen LogP contribution in [0, 0.1) is 0 Å². The highest BCUT2D eigenvalue weighted by Crippen LogP contribution is 2.39. The highest BCUT2D eigenvalue weighted by atomic mass is 14.3. The van der Waals surface area contributed by atoms with Crippen LogP contribution in [-0.4, -0.2) is 0 Å². The number of aryl methyl sites for hydroxylation is 2.